The standard InChI is InChI=1S/C23H20N2O2/c1-15(27)24-16-10-12-17(13-11-16)25-23-20-8-4-2-6-18(20)22(14-26)19-7-3-5-9-21(19)23/h2-13,25-26H,14H2,1H3,(H,24,27). The van der Waals surface area contributed by atoms with Gasteiger partial charge in [-0.3, -0.25) is 4.79 Å². The third-order valence-corrected chi connectivity index (χ3v) is 4.68. The summed E-state index contributed by atoms with van der Waals surface area (Å²) in [6.45, 7) is 1.49. The minimum atomic E-state index is -0.0905. The van der Waals surface area contributed by atoms with Crippen LogP contribution in [0.15, 0.2) is 72.8 Å². The van der Waals surface area contributed by atoms with Crippen molar-refractivity contribution in [1.82, 2.24) is 0 Å². The van der Waals surface area contributed by atoms with Crippen LogP contribution in [0.4, 0.5) is 17.1 Å². The van der Waals surface area contributed by atoms with Crippen molar-refractivity contribution < 1.29 is 9.90 Å². The minimum absolute atomic E-state index is 0.00722. The van der Waals surface area contributed by atoms with Crippen molar-refractivity contribution in [3.63, 3.8) is 0 Å². The molecule has 0 bridgehead atoms. The second kappa shape index (κ2) is 7.09. The molecule has 134 valence electrons. The van der Waals surface area contributed by atoms with E-state index in [4.69, 9.17) is 0 Å². The minimum Gasteiger partial charge on any atom is -0.392 e. The number of carbonyl (C=O) groups is 1. The molecule has 0 aromatic heterocycles. The molecule has 4 aromatic rings. The quantitative estimate of drug-likeness (QED) is 0.441. The summed E-state index contributed by atoms with van der Waals surface area (Å²) in [6.07, 6.45) is 0. The highest BCUT2D eigenvalue weighted by Crippen LogP contribution is 2.38. The highest BCUT2D eigenvalue weighted by molar-refractivity contribution is 6.14. The van der Waals surface area contributed by atoms with Crippen LogP contribution in [0.1, 0.15) is 12.5 Å². The van der Waals surface area contributed by atoms with Gasteiger partial charge in [-0.05, 0) is 40.6 Å². The number of anilines is 3. The number of nitrogens with one attached hydrogen (secondary N) is 2. The van der Waals surface area contributed by atoms with Gasteiger partial charge in [-0.2, -0.15) is 0 Å². The first-order chi connectivity index (χ1) is 13.2. The van der Waals surface area contributed by atoms with Gasteiger partial charge < -0.3 is 15.7 Å². The van der Waals surface area contributed by atoms with E-state index < -0.39 is 0 Å². The Morgan fingerprint density at radius 3 is 1.74 bits per heavy atom. The van der Waals surface area contributed by atoms with E-state index in [1.807, 2.05) is 60.7 Å². The summed E-state index contributed by atoms with van der Waals surface area (Å²) in [6, 6.07) is 23.8. The number of hydrogen-bond donors (Lipinski definition) is 3. The molecular weight excluding hydrogens is 336 g/mol. The first kappa shape index (κ1) is 17.1. The normalized spacial score (nSPS) is 10.9. The van der Waals surface area contributed by atoms with Crippen molar-refractivity contribution in [3.8, 4) is 0 Å². The zero-order valence-corrected chi connectivity index (χ0v) is 15.0. The van der Waals surface area contributed by atoms with Gasteiger partial charge in [-0.25, -0.2) is 0 Å². The van der Waals surface area contributed by atoms with E-state index in [1.165, 1.54) is 6.92 Å². The lowest BCUT2D eigenvalue weighted by atomic mass is 9.95. The summed E-state index contributed by atoms with van der Waals surface area (Å²) in [7, 11) is 0. The zero-order chi connectivity index (χ0) is 18.8. The molecule has 0 spiro atoms. The molecule has 0 unspecified atom stereocenters. The van der Waals surface area contributed by atoms with Crippen LogP contribution in [-0.4, -0.2) is 11.0 Å². The molecule has 3 N–H and O–H groups in total. The maximum absolute atomic E-state index is 11.2. The highest BCUT2D eigenvalue weighted by atomic mass is 16.3. The Hall–Kier alpha value is -3.37. The lowest BCUT2D eigenvalue weighted by molar-refractivity contribution is -0.114. The van der Waals surface area contributed by atoms with Crippen LogP contribution in [0, 0.1) is 0 Å². The Morgan fingerprint density at radius 1 is 0.778 bits per heavy atom. The SMILES string of the molecule is CC(=O)Nc1ccc(Nc2c3ccccc3c(CO)c3ccccc23)cc1. The summed E-state index contributed by atoms with van der Waals surface area (Å²) in [5.41, 5.74) is 3.63. The molecule has 0 heterocycles. The summed E-state index contributed by atoms with van der Waals surface area (Å²) >= 11 is 0. The fraction of sp³-hybridized carbons (Fsp3) is 0.0870. The largest absolute Gasteiger partial charge is 0.392 e. The molecule has 1 amide bonds. The molecule has 4 rings (SSSR count). The van der Waals surface area contributed by atoms with E-state index in [2.05, 4.69) is 22.8 Å². The summed E-state index contributed by atoms with van der Waals surface area (Å²) in [5.74, 6) is -0.0905. The zero-order valence-electron chi connectivity index (χ0n) is 15.0. The number of amides is 1. The van der Waals surface area contributed by atoms with E-state index in [0.29, 0.717) is 0 Å². The average molecular weight is 356 g/mol. The summed E-state index contributed by atoms with van der Waals surface area (Å²) in [5, 5.41) is 20.5. The smallest absolute Gasteiger partial charge is 0.221 e. The van der Waals surface area contributed by atoms with Gasteiger partial charge in [0.2, 0.25) is 5.91 Å². The Bertz CT molecular complexity index is 1080. The van der Waals surface area contributed by atoms with Gasteiger partial charge in [0.15, 0.2) is 0 Å². The second-order valence-electron chi connectivity index (χ2n) is 6.49. The number of aliphatic hydroxyl groups is 1. The van der Waals surface area contributed by atoms with Gasteiger partial charge in [-0.1, -0.05) is 48.5 Å². The second-order valence-corrected chi connectivity index (χ2v) is 6.49. The van der Waals surface area contributed by atoms with Crippen LogP contribution in [0.5, 0.6) is 0 Å². The number of hydrogen-bond acceptors (Lipinski definition) is 3. The van der Waals surface area contributed by atoms with Crippen LogP contribution >= 0.6 is 0 Å². The fourth-order valence-electron chi connectivity index (χ4n) is 3.51. The maximum Gasteiger partial charge on any atom is 0.221 e. The third kappa shape index (κ3) is 3.23. The molecule has 0 radical (unpaired) electrons. The Labute approximate surface area is 157 Å². The Morgan fingerprint density at radius 2 is 1.26 bits per heavy atom. The molecule has 0 aliphatic carbocycles. The number of benzene rings is 4. The van der Waals surface area contributed by atoms with E-state index in [9.17, 15) is 9.90 Å². The molecular formula is C23H20N2O2. The van der Waals surface area contributed by atoms with Crippen molar-refractivity contribution in [2.75, 3.05) is 10.6 Å². The van der Waals surface area contributed by atoms with E-state index >= 15 is 0 Å². The highest BCUT2D eigenvalue weighted by Gasteiger charge is 2.13. The van der Waals surface area contributed by atoms with E-state index in [-0.39, 0.29) is 12.5 Å². The average Bonchev–Trinajstić information content (AvgIpc) is 2.69. The van der Waals surface area contributed by atoms with Crippen molar-refractivity contribution in [1.29, 1.82) is 0 Å². The van der Waals surface area contributed by atoms with Crippen molar-refractivity contribution >= 4 is 44.5 Å². The van der Waals surface area contributed by atoms with Crippen molar-refractivity contribution in [2.24, 2.45) is 0 Å². The molecule has 4 heteroatoms. The van der Waals surface area contributed by atoms with Crippen LogP contribution < -0.4 is 10.6 Å². The molecule has 0 fully saturated rings. The van der Waals surface area contributed by atoms with E-state index in [0.717, 1.165) is 44.2 Å². The van der Waals surface area contributed by atoms with Gasteiger partial charge in [-0.15, -0.1) is 0 Å². The number of fused-ring (bicyclic) bond motifs is 2. The first-order valence-corrected chi connectivity index (χ1v) is 8.85. The van der Waals surface area contributed by atoms with Crippen LogP contribution in [0.25, 0.3) is 21.5 Å². The number of aliphatic hydroxyl groups excluding tert-OH is 1. The van der Waals surface area contributed by atoms with Gasteiger partial charge in [0.05, 0.1) is 12.3 Å². The molecule has 27 heavy (non-hydrogen) atoms. The van der Waals surface area contributed by atoms with Gasteiger partial charge in [0.25, 0.3) is 0 Å². The third-order valence-electron chi connectivity index (χ3n) is 4.68. The monoisotopic (exact) mass is 356 g/mol. The number of carbonyl (C=O) groups excluding carboxylic acids is 1. The first-order valence-electron chi connectivity index (χ1n) is 8.85. The summed E-state index contributed by atoms with van der Waals surface area (Å²) < 4.78 is 0. The lowest BCUT2D eigenvalue weighted by Gasteiger charge is -2.17. The molecule has 0 aliphatic heterocycles. The Kier molecular flexibility index (Phi) is 4.48. The molecule has 0 aliphatic rings. The van der Waals surface area contributed by atoms with Crippen LogP contribution in [0.2, 0.25) is 0 Å². The molecule has 4 nitrogen and oxygen atoms in total. The van der Waals surface area contributed by atoms with Crippen molar-refractivity contribution in [2.45, 2.75) is 13.5 Å². The molecule has 0 saturated carbocycles. The number of rotatable bonds is 4. The molecule has 4 aromatic carbocycles. The van der Waals surface area contributed by atoms with Gasteiger partial charge in [0, 0.05) is 29.1 Å². The Balaban J connectivity index is 1.86. The summed E-state index contributed by atoms with van der Waals surface area (Å²) in [4.78, 5) is 11.2. The lowest BCUT2D eigenvalue weighted by Crippen LogP contribution is -2.05. The topological polar surface area (TPSA) is 61.4 Å². The fourth-order valence-corrected chi connectivity index (χ4v) is 3.51. The maximum atomic E-state index is 11.2. The van der Waals surface area contributed by atoms with Gasteiger partial charge in [0.1, 0.15) is 0 Å². The predicted molar refractivity (Wildman–Crippen MR) is 111 cm³/mol. The molecule has 0 saturated heterocycles. The van der Waals surface area contributed by atoms with Crippen LogP contribution in [-0.2, 0) is 11.4 Å². The molecule has 0 atom stereocenters. The van der Waals surface area contributed by atoms with Crippen molar-refractivity contribution in [3.05, 3.63) is 78.4 Å². The van der Waals surface area contributed by atoms with Crippen LogP contribution in [0.3, 0.4) is 0 Å². The van der Waals surface area contributed by atoms with Gasteiger partial charge >= 0.3 is 0 Å². The van der Waals surface area contributed by atoms with E-state index in [1.54, 1.807) is 0 Å². The predicted octanol–water partition coefficient (Wildman–Crippen LogP) is 5.19.